The molecule has 0 radical (unpaired) electrons. The molecule has 1 fully saturated rings. The van der Waals surface area contributed by atoms with Crippen LogP contribution in [0.25, 0.3) is 10.8 Å². The molecule has 0 saturated carbocycles. The van der Waals surface area contributed by atoms with E-state index in [1.54, 1.807) is 16.4 Å². The highest BCUT2D eigenvalue weighted by Gasteiger charge is 2.28. The van der Waals surface area contributed by atoms with Crippen molar-refractivity contribution in [3.8, 4) is 5.75 Å². The third-order valence-electron chi connectivity index (χ3n) is 5.18. The monoisotopic (exact) mass is 375 g/mol. The maximum Gasteiger partial charge on any atom is 0.243 e. The van der Waals surface area contributed by atoms with Gasteiger partial charge in [-0.2, -0.15) is 4.31 Å². The average Bonchev–Trinajstić information content (AvgIpc) is 2.65. The van der Waals surface area contributed by atoms with E-state index in [9.17, 15) is 8.42 Å². The van der Waals surface area contributed by atoms with Crippen molar-refractivity contribution in [2.45, 2.75) is 50.8 Å². The minimum atomic E-state index is -3.41. The van der Waals surface area contributed by atoms with Crippen LogP contribution in [0.1, 0.15) is 46.0 Å². The molecule has 0 aromatic heterocycles. The van der Waals surface area contributed by atoms with Gasteiger partial charge in [0.1, 0.15) is 5.75 Å². The maximum absolute atomic E-state index is 12.9. The van der Waals surface area contributed by atoms with Crippen LogP contribution in [0.3, 0.4) is 0 Å². The lowest BCUT2D eigenvalue weighted by Crippen LogP contribution is -2.37. The van der Waals surface area contributed by atoms with Crippen molar-refractivity contribution >= 4 is 20.8 Å². The lowest BCUT2D eigenvalue weighted by Gasteiger charge is -2.29. The van der Waals surface area contributed by atoms with Gasteiger partial charge in [0.15, 0.2) is 0 Å². The zero-order valence-corrected chi connectivity index (χ0v) is 16.6. The van der Waals surface area contributed by atoms with Crippen molar-refractivity contribution in [3.63, 3.8) is 0 Å². The van der Waals surface area contributed by atoms with Crippen LogP contribution in [-0.4, -0.2) is 32.4 Å². The molecule has 0 bridgehead atoms. The normalized spacial score (nSPS) is 16.8. The van der Waals surface area contributed by atoms with Gasteiger partial charge in [0.05, 0.1) is 11.5 Å². The fourth-order valence-corrected chi connectivity index (χ4v) is 4.87. The molecule has 1 heterocycles. The first-order chi connectivity index (χ1) is 12.5. The van der Waals surface area contributed by atoms with Gasteiger partial charge in [-0.15, -0.1) is 0 Å². The summed E-state index contributed by atoms with van der Waals surface area (Å²) in [5.41, 5.74) is 0. The molecule has 1 aliphatic heterocycles. The Balaban J connectivity index is 1.76. The molecule has 142 valence electrons. The molecular formula is C21H29NO3S. The van der Waals surface area contributed by atoms with Gasteiger partial charge in [-0.25, -0.2) is 8.42 Å². The number of piperidine rings is 1. The standard InChI is InChI=1S/C21H29NO3S/c1-3-4-5-14-25-20-8-6-19-16-21(9-7-18(19)15-20)26(23,24)22-12-10-17(2)11-13-22/h6-9,15-17H,3-5,10-14H2,1-2H3. The highest BCUT2D eigenvalue weighted by atomic mass is 32.2. The Morgan fingerprint density at radius 1 is 1.04 bits per heavy atom. The van der Waals surface area contributed by atoms with Crippen LogP contribution < -0.4 is 4.74 Å². The van der Waals surface area contributed by atoms with Gasteiger partial charge < -0.3 is 4.74 Å². The van der Waals surface area contributed by atoms with Crippen LogP contribution in [0.15, 0.2) is 41.3 Å². The smallest absolute Gasteiger partial charge is 0.243 e. The summed E-state index contributed by atoms with van der Waals surface area (Å²) in [6.07, 6.45) is 5.27. The number of ether oxygens (including phenoxy) is 1. The third kappa shape index (κ3) is 4.38. The zero-order valence-electron chi connectivity index (χ0n) is 15.8. The van der Waals surface area contributed by atoms with Gasteiger partial charge in [0.2, 0.25) is 10.0 Å². The van der Waals surface area contributed by atoms with Gasteiger partial charge in [-0.1, -0.05) is 38.8 Å². The van der Waals surface area contributed by atoms with E-state index in [1.165, 1.54) is 12.8 Å². The van der Waals surface area contributed by atoms with Crippen molar-refractivity contribution < 1.29 is 13.2 Å². The average molecular weight is 376 g/mol. The molecule has 1 aliphatic rings. The molecule has 2 aromatic rings. The summed E-state index contributed by atoms with van der Waals surface area (Å²) in [6, 6.07) is 11.2. The molecule has 2 aromatic carbocycles. The summed E-state index contributed by atoms with van der Waals surface area (Å²) in [4.78, 5) is 0.385. The Hall–Kier alpha value is -1.59. The van der Waals surface area contributed by atoms with E-state index in [2.05, 4.69) is 13.8 Å². The van der Waals surface area contributed by atoms with Crippen molar-refractivity contribution in [1.82, 2.24) is 4.31 Å². The zero-order chi connectivity index (χ0) is 18.6. The number of rotatable bonds is 7. The summed E-state index contributed by atoms with van der Waals surface area (Å²) >= 11 is 0. The van der Waals surface area contributed by atoms with Crippen molar-refractivity contribution in [2.24, 2.45) is 5.92 Å². The van der Waals surface area contributed by atoms with E-state index < -0.39 is 10.0 Å². The molecule has 0 spiro atoms. The van der Waals surface area contributed by atoms with Gasteiger partial charge in [0.25, 0.3) is 0 Å². The number of fused-ring (bicyclic) bond motifs is 1. The topological polar surface area (TPSA) is 46.6 Å². The van der Waals surface area contributed by atoms with Crippen molar-refractivity contribution in [1.29, 1.82) is 0 Å². The number of nitrogens with zero attached hydrogens (tertiary/aromatic N) is 1. The predicted octanol–water partition coefficient (Wildman–Crippen LogP) is 4.83. The Labute approximate surface area is 157 Å². The number of unbranched alkanes of at least 4 members (excludes halogenated alkanes) is 2. The second-order valence-electron chi connectivity index (χ2n) is 7.31. The van der Waals surface area contributed by atoms with Crippen molar-refractivity contribution in [2.75, 3.05) is 19.7 Å². The first-order valence-electron chi connectivity index (χ1n) is 9.67. The quantitative estimate of drug-likeness (QED) is 0.651. The SMILES string of the molecule is CCCCCOc1ccc2cc(S(=O)(=O)N3CCC(C)CC3)ccc2c1. The molecule has 0 unspecified atom stereocenters. The summed E-state index contributed by atoms with van der Waals surface area (Å²) < 4.78 is 33.2. The van der Waals surface area contributed by atoms with Crippen LogP contribution in [0.2, 0.25) is 0 Å². The highest BCUT2D eigenvalue weighted by Crippen LogP contribution is 2.27. The number of benzene rings is 2. The second kappa shape index (κ2) is 8.40. The predicted molar refractivity (Wildman–Crippen MR) is 106 cm³/mol. The molecule has 4 nitrogen and oxygen atoms in total. The minimum absolute atomic E-state index is 0.385. The summed E-state index contributed by atoms with van der Waals surface area (Å²) in [6.45, 7) is 6.31. The summed E-state index contributed by atoms with van der Waals surface area (Å²) in [5.74, 6) is 1.45. The molecule has 26 heavy (non-hydrogen) atoms. The van der Waals surface area contributed by atoms with Gasteiger partial charge in [0, 0.05) is 13.1 Å². The summed E-state index contributed by atoms with van der Waals surface area (Å²) in [5, 5.41) is 1.93. The van der Waals surface area contributed by atoms with Crippen LogP contribution in [-0.2, 0) is 10.0 Å². The first-order valence-corrected chi connectivity index (χ1v) is 11.1. The number of hydrogen-bond donors (Lipinski definition) is 0. The number of sulfonamides is 1. The van der Waals surface area contributed by atoms with Gasteiger partial charge in [-0.3, -0.25) is 0 Å². The Morgan fingerprint density at radius 3 is 2.46 bits per heavy atom. The third-order valence-corrected chi connectivity index (χ3v) is 7.07. The van der Waals surface area contributed by atoms with E-state index in [-0.39, 0.29) is 0 Å². The maximum atomic E-state index is 12.9. The lowest BCUT2D eigenvalue weighted by molar-refractivity contribution is 0.288. The van der Waals surface area contributed by atoms with Gasteiger partial charge in [-0.05, 0) is 60.2 Å². The fraction of sp³-hybridized carbons (Fsp3) is 0.524. The van der Waals surface area contributed by atoms with Crippen LogP contribution in [0, 0.1) is 5.92 Å². The molecule has 3 rings (SSSR count). The van der Waals surface area contributed by atoms with E-state index in [1.807, 2.05) is 24.3 Å². The van der Waals surface area contributed by atoms with Crippen LogP contribution in [0.5, 0.6) is 5.75 Å². The van der Waals surface area contributed by atoms with E-state index in [0.717, 1.165) is 42.4 Å². The lowest BCUT2D eigenvalue weighted by atomic mass is 10.0. The van der Waals surface area contributed by atoms with Crippen LogP contribution >= 0.6 is 0 Å². The molecule has 0 N–H and O–H groups in total. The number of hydrogen-bond acceptors (Lipinski definition) is 3. The largest absolute Gasteiger partial charge is 0.494 e. The van der Waals surface area contributed by atoms with E-state index in [0.29, 0.717) is 23.9 Å². The Morgan fingerprint density at radius 2 is 1.73 bits per heavy atom. The van der Waals surface area contributed by atoms with E-state index >= 15 is 0 Å². The van der Waals surface area contributed by atoms with E-state index in [4.69, 9.17) is 4.74 Å². The second-order valence-corrected chi connectivity index (χ2v) is 9.25. The molecule has 0 aliphatic carbocycles. The Bertz CT molecular complexity index is 839. The van der Waals surface area contributed by atoms with Crippen LogP contribution in [0.4, 0.5) is 0 Å². The molecule has 0 atom stereocenters. The minimum Gasteiger partial charge on any atom is -0.494 e. The van der Waals surface area contributed by atoms with Gasteiger partial charge >= 0.3 is 0 Å². The summed E-state index contributed by atoms with van der Waals surface area (Å²) in [7, 11) is -3.41. The molecule has 1 saturated heterocycles. The highest BCUT2D eigenvalue weighted by molar-refractivity contribution is 7.89. The van der Waals surface area contributed by atoms with Crippen molar-refractivity contribution in [3.05, 3.63) is 36.4 Å². The fourth-order valence-electron chi connectivity index (χ4n) is 3.37. The Kier molecular flexibility index (Phi) is 6.20. The molecule has 5 heteroatoms. The molecular weight excluding hydrogens is 346 g/mol. The first kappa shape index (κ1) is 19.2. The molecule has 0 amide bonds.